The van der Waals surface area contributed by atoms with Gasteiger partial charge in [-0.15, -0.1) is 0 Å². The van der Waals surface area contributed by atoms with Gasteiger partial charge in [0.05, 0.1) is 19.2 Å². The number of aromatic nitrogens is 2. The summed E-state index contributed by atoms with van der Waals surface area (Å²) >= 11 is 0. The van der Waals surface area contributed by atoms with Crippen LogP contribution in [0.4, 0.5) is 10.5 Å². The molecule has 4 rings (SSSR count). The first-order valence-corrected chi connectivity index (χ1v) is 10.7. The van der Waals surface area contributed by atoms with Crippen molar-refractivity contribution >= 4 is 17.6 Å². The van der Waals surface area contributed by atoms with Crippen molar-refractivity contribution in [2.24, 2.45) is 7.05 Å². The van der Waals surface area contributed by atoms with Gasteiger partial charge in [-0.05, 0) is 23.3 Å². The zero-order chi connectivity index (χ0) is 23.2. The minimum absolute atomic E-state index is 0.0759. The van der Waals surface area contributed by atoms with E-state index in [1.54, 1.807) is 23.2 Å². The lowest BCUT2D eigenvalue weighted by Crippen LogP contribution is -2.52. The van der Waals surface area contributed by atoms with Crippen molar-refractivity contribution < 1.29 is 19.4 Å². The molecule has 33 heavy (non-hydrogen) atoms. The first-order valence-electron chi connectivity index (χ1n) is 10.7. The van der Waals surface area contributed by atoms with Gasteiger partial charge in [-0.2, -0.15) is 0 Å². The van der Waals surface area contributed by atoms with E-state index >= 15 is 0 Å². The summed E-state index contributed by atoms with van der Waals surface area (Å²) in [6.07, 6.45) is 3.00. The van der Waals surface area contributed by atoms with Gasteiger partial charge >= 0.3 is 6.03 Å². The maximum absolute atomic E-state index is 12.5. The molecule has 0 spiro atoms. The van der Waals surface area contributed by atoms with Crippen LogP contribution in [0.15, 0.2) is 67.0 Å². The number of rotatable bonds is 7. The van der Waals surface area contributed by atoms with E-state index < -0.39 is 12.1 Å². The van der Waals surface area contributed by atoms with E-state index in [-0.39, 0.29) is 31.7 Å². The Bertz CT molecular complexity index is 1080. The normalized spacial score (nSPS) is 18.2. The molecule has 1 saturated heterocycles. The summed E-state index contributed by atoms with van der Waals surface area (Å²) in [5, 5.41) is 15.7. The van der Waals surface area contributed by atoms with Crippen molar-refractivity contribution in [3.05, 3.63) is 83.9 Å². The monoisotopic (exact) mass is 449 g/mol. The summed E-state index contributed by atoms with van der Waals surface area (Å²) in [5.74, 6) is 0.533. The minimum Gasteiger partial charge on any atom is -0.394 e. The molecule has 0 radical (unpaired) electrons. The van der Waals surface area contributed by atoms with Crippen molar-refractivity contribution in [3.8, 4) is 0 Å². The van der Waals surface area contributed by atoms with Crippen molar-refractivity contribution in [2.75, 3.05) is 18.5 Å². The van der Waals surface area contributed by atoms with Crippen molar-refractivity contribution in [2.45, 2.75) is 25.2 Å². The standard InChI is InChI=1S/C24H27N5O4/c1-28-12-11-25-21(28)14-29-20(15-30)23(33-16-22(29)31)18-7-9-19(10-8-18)27-24(32)26-13-17-5-3-2-4-6-17/h2-12,20,23,30H,13-16H2,1H3,(H2,26,27,32)/t20-,23-/m1/s1. The number of morpholine rings is 1. The maximum Gasteiger partial charge on any atom is 0.319 e. The van der Waals surface area contributed by atoms with Gasteiger partial charge in [0.25, 0.3) is 0 Å². The molecule has 9 heteroatoms. The van der Waals surface area contributed by atoms with Gasteiger partial charge in [0.2, 0.25) is 5.91 Å². The second-order valence-corrected chi connectivity index (χ2v) is 7.87. The Morgan fingerprint density at radius 1 is 1.18 bits per heavy atom. The highest BCUT2D eigenvalue weighted by molar-refractivity contribution is 5.89. The summed E-state index contributed by atoms with van der Waals surface area (Å²) in [6.45, 7) is 0.392. The molecule has 3 N–H and O–H groups in total. The number of anilines is 1. The second-order valence-electron chi connectivity index (χ2n) is 7.87. The number of imidazole rings is 1. The molecule has 9 nitrogen and oxygen atoms in total. The molecule has 172 valence electrons. The number of carbonyl (C=O) groups excluding carboxylic acids is 2. The number of nitrogens with zero attached hydrogens (tertiary/aromatic N) is 3. The predicted molar refractivity (Wildman–Crippen MR) is 122 cm³/mol. The van der Waals surface area contributed by atoms with Crippen LogP contribution in [0.5, 0.6) is 0 Å². The lowest BCUT2D eigenvalue weighted by Gasteiger charge is -2.40. The zero-order valence-electron chi connectivity index (χ0n) is 18.3. The molecule has 1 aromatic heterocycles. The zero-order valence-corrected chi connectivity index (χ0v) is 18.3. The maximum atomic E-state index is 12.5. The van der Waals surface area contributed by atoms with E-state index in [2.05, 4.69) is 15.6 Å². The number of hydrogen-bond acceptors (Lipinski definition) is 5. The van der Waals surface area contributed by atoms with Crippen molar-refractivity contribution in [1.29, 1.82) is 0 Å². The Morgan fingerprint density at radius 3 is 2.61 bits per heavy atom. The largest absolute Gasteiger partial charge is 0.394 e. The van der Waals surface area contributed by atoms with Crippen LogP contribution in [0.3, 0.4) is 0 Å². The summed E-state index contributed by atoms with van der Waals surface area (Å²) < 4.78 is 7.63. The number of carbonyl (C=O) groups is 2. The number of aliphatic hydroxyl groups excluding tert-OH is 1. The number of nitrogens with one attached hydrogen (secondary N) is 2. The first kappa shape index (κ1) is 22.5. The average molecular weight is 450 g/mol. The lowest BCUT2D eigenvalue weighted by molar-refractivity contribution is -0.162. The quantitative estimate of drug-likeness (QED) is 0.513. The Kier molecular flexibility index (Phi) is 7.01. The second kappa shape index (κ2) is 10.3. The highest BCUT2D eigenvalue weighted by Gasteiger charge is 2.37. The van der Waals surface area contributed by atoms with Gasteiger partial charge in [0.15, 0.2) is 0 Å². The molecule has 1 fully saturated rings. The van der Waals surface area contributed by atoms with Crippen LogP contribution in [0.2, 0.25) is 0 Å². The number of urea groups is 1. The Balaban J connectivity index is 1.40. The number of aryl methyl sites for hydroxylation is 1. The van der Waals surface area contributed by atoms with Gasteiger partial charge in [-0.25, -0.2) is 9.78 Å². The molecular formula is C24H27N5O4. The molecule has 3 aromatic rings. The Morgan fingerprint density at radius 2 is 1.94 bits per heavy atom. The molecule has 1 aliphatic heterocycles. The summed E-state index contributed by atoms with van der Waals surface area (Å²) in [4.78, 5) is 30.6. The first-order chi connectivity index (χ1) is 16.0. The smallest absolute Gasteiger partial charge is 0.319 e. The molecular weight excluding hydrogens is 422 g/mol. The van der Waals surface area contributed by atoms with Gasteiger partial charge in [0.1, 0.15) is 18.5 Å². The third-order valence-electron chi connectivity index (χ3n) is 5.67. The number of amides is 3. The van der Waals surface area contributed by atoms with Crippen molar-refractivity contribution in [1.82, 2.24) is 19.8 Å². The van der Waals surface area contributed by atoms with E-state index in [0.29, 0.717) is 12.2 Å². The number of benzene rings is 2. The van der Waals surface area contributed by atoms with Gasteiger partial charge in [-0.3, -0.25) is 4.79 Å². The molecule has 0 aliphatic carbocycles. The number of aliphatic hydroxyl groups is 1. The van der Waals surface area contributed by atoms with Crippen LogP contribution in [0.1, 0.15) is 23.1 Å². The van der Waals surface area contributed by atoms with Gasteiger partial charge in [0, 0.05) is 31.7 Å². The Labute approximate surface area is 192 Å². The van der Waals surface area contributed by atoms with E-state index in [9.17, 15) is 14.7 Å². The minimum atomic E-state index is -0.545. The van der Waals surface area contributed by atoms with Crippen LogP contribution in [-0.2, 0) is 29.7 Å². The third-order valence-corrected chi connectivity index (χ3v) is 5.67. The fourth-order valence-electron chi connectivity index (χ4n) is 3.83. The molecule has 3 amide bonds. The summed E-state index contributed by atoms with van der Waals surface area (Å²) in [6, 6.07) is 16.0. The molecule has 1 aliphatic rings. The van der Waals surface area contributed by atoms with Gasteiger partial charge in [-0.1, -0.05) is 42.5 Å². The lowest BCUT2D eigenvalue weighted by atomic mass is 9.99. The number of hydrogen-bond donors (Lipinski definition) is 3. The van der Waals surface area contributed by atoms with E-state index in [0.717, 1.165) is 17.0 Å². The molecule has 2 atom stereocenters. The van der Waals surface area contributed by atoms with E-state index in [4.69, 9.17) is 4.74 Å². The summed E-state index contributed by atoms with van der Waals surface area (Å²) in [7, 11) is 1.86. The SMILES string of the molecule is Cn1ccnc1CN1C(=O)CO[C@H](c2ccc(NC(=O)NCc3ccccc3)cc2)[C@H]1CO. The molecule has 0 unspecified atom stereocenters. The van der Waals surface area contributed by atoms with Crippen LogP contribution in [-0.4, -0.2) is 50.8 Å². The van der Waals surface area contributed by atoms with E-state index in [1.165, 1.54) is 0 Å². The predicted octanol–water partition coefficient (Wildman–Crippen LogP) is 2.20. The topological polar surface area (TPSA) is 109 Å². The van der Waals surface area contributed by atoms with Crippen LogP contribution in [0.25, 0.3) is 0 Å². The molecule has 2 heterocycles. The van der Waals surface area contributed by atoms with Crippen LogP contribution >= 0.6 is 0 Å². The molecule has 2 aromatic carbocycles. The third kappa shape index (κ3) is 5.39. The highest BCUT2D eigenvalue weighted by atomic mass is 16.5. The van der Waals surface area contributed by atoms with Crippen LogP contribution in [0, 0.1) is 0 Å². The Hall–Kier alpha value is -3.69. The van der Waals surface area contributed by atoms with Crippen LogP contribution < -0.4 is 10.6 Å². The summed E-state index contributed by atoms with van der Waals surface area (Å²) in [5.41, 5.74) is 2.44. The highest BCUT2D eigenvalue weighted by Crippen LogP contribution is 2.30. The fourth-order valence-corrected chi connectivity index (χ4v) is 3.83. The van der Waals surface area contributed by atoms with Gasteiger partial charge < -0.3 is 29.9 Å². The fraction of sp³-hybridized carbons (Fsp3) is 0.292. The molecule has 0 saturated carbocycles. The molecule has 0 bridgehead atoms. The number of ether oxygens (including phenoxy) is 1. The van der Waals surface area contributed by atoms with Crippen molar-refractivity contribution in [3.63, 3.8) is 0 Å². The van der Waals surface area contributed by atoms with E-state index in [1.807, 2.05) is 60.3 Å². The average Bonchev–Trinajstić information content (AvgIpc) is 3.24.